The average Bonchev–Trinajstić information content (AvgIpc) is 2.76. The van der Waals surface area contributed by atoms with Crippen molar-refractivity contribution in [3.05, 3.63) is 35.9 Å². The largest absolute Gasteiger partial charge is 0.508 e. The molecule has 2 aliphatic heterocycles. The van der Waals surface area contributed by atoms with Crippen molar-refractivity contribution in [2.75, 3.05) is 19.8 Å². The molecule has 2 heterocycles. The van der Waals surface area contributed by atoms with Crippen LogP contribution in [0.4, 0.5) is 0 Å². The van der Waals surface area contributed by atoms with Crippen molar-refractivity contribution in [1.29, 1.82) is 0 Å². The van der Waals surface area contributed by atoms with Gasteiger partial charge in [0.1, 0.15) is 48.5 Å². The van der Waals surface area contributed by atoms with Crippen LogP contribution in [0.5, 0.6) is 5.75 Å². The maximum absolute atomic E-state index is 10.2. The highest BCUT2D eigenvalue weighted by molar-refractivity contribution is 5.50. The summed E-state index contributed by atoms with van der Waals surface area (Å²) >= 11 is 0. The van der Waals surface area contributed by atoms with Crippen LogP contribution in [0.25, 0.3) is 6.08 Å². The van der Waals surface area contributed by atoms with E-state index in [9.17, 15) is 35.7 Å². The van der Waals surface area contributed by atoms with Gasteiger partial charge in [-0.2, -0.15) is 0 Å². The van der Waals surface area contributed by atoms with E-state index in [1.807, 2.05) is 0 Å². The normalized spacial score (nSPS) is 39.1. The zero-order valence-corrected chi connectivity index (χ0v) is 16.5. The summed E-state index contributed by atoms with van der Waals surface area (Å²) in [6, 6.07) is 6.46. The van der Waals surface area contributed by atoms with E-state index >= 15 is 0 Å². The Morgan fingerprint density at radius 3 is 2.23 bits per heavy atom. The number of rotatable bonds is 7. The van der Waals surface area contributed by atoms with E-state index in [-0.39, 0.29) is 25.6 Å². The first-order chi connectivity index (χ1) is 14.8. The smallest absolute Gasteiger partial charge is 0.187 e. The summed E-state index contributed by atoms with van der Waals surface area (Å²) in [7, 11) is 0. The molecule has 0 spiro atoms. The molecule has 0 amide bonds. The number of aromatic hydroxyl groups is 1. The fourth-order valence-corrected chi connectivity index (χ4v) is 3.23. The molecule has 0 radical (unpaired) electrons. The van der Waals surface area contributed by atoms with E-state index in [1.165, 1.54) is 12.1 Å². The van der Waals surface area contributed by atoms with Gasteiger partial charge in [0.25, 0.3) is 0 Å². The monoisotopic (exact) mass is 444 g/mol. The Morgan fingerprint density at radius 2 is 1.52 bits per heavy atom. The van der Waals surface area contributed by atoms with Crippen molar-refractivity contribution < 1.29 is 54.7 Å². The fraction of sp³-hybridized carbons (Fsp3) is 0.600. The first-order valence-corrected chi connectivity index (χ1v) is 9.82. The minimum Gasteiger partial charge on any atom is -0.508 e. The average molecular weight is 444 g/mol. The van der Waals surface area contributed by atoms with Crippen molar-refractivity contribution in [3.8, 4) is 5.75 Å². The number of hydrogen-bond donors (Lipinski definition) is 7. The van der Waals surface area contributed by atoms with Gasteiger partial charge in [0.2, 0.25) is 0 Å². The Kier molecular flexibility index (Phi) is 8.36. The molecule has 174 valence electrons. The van der Waals surface area contributed by atoms with Crippen LogP contribution in [0, 0.1) is 0 Å². The van der Waals surface area contributed by atoms with Crippen LogP contribution in [0.3, 0.4) is 0 Å². The fourth-order valence-electron chi connectivity index (χ4n) is 3.23. The van der Waals surface area contributed by atoms with Crippen LogP contribution >= 0.6 is 0 Å². The van der Waals surface area contributed by atoms with Gasteiger partial charge in [0.05, 0.1) is 19.8 Å². The zero-order chi connectivity index (χ0) is 22.5. The van der Waals surface area contributed by atoms with Gasteiger partial charge in [0.15, 0.2) is 12.6 Å². The quantitative estimate of drug-likeness (QED) is 0.240. The van der Waals surface area contributed by atoms with Crippen LogP contribution in [0.1, 0.15) is 5.56 Å². The van der Waals surface area contributed by atoms with Gasteiger partial charge in [-0.25, -0.2) is 0 Å². The van der Waals surface area contributed by atoms with Crippen molar-refractivity contribution in [1.82, 2.24) is 0 Å². The number of phenolic OH excluding ortho intramolecular Hbond substituents is 1. The van der Waals surface area contributed by atoms with Gasteiger partial charge < -0.3 is 54.7 Å². The molecule has 2 fully saturated rings. The van der Waals surface area contributed by atoms with E-state index in [1.54, 1.807) is 24.3 Å². The highest BCUT2D eigenvalue weighted by atomic mass is 16.7. The standard InChI is InChI=1S/C20H28O11/c21-11-5-3-10(4-6-11)2-1-7-28-20-18(27)16(25)15(24)13(31-20)9-30-19-17(26)14(23)12(22)8-29-19/h1-6,12-27H,7-9H2/b2-1+/t12-,13-,14+,15-,16+,17-,18-,19+,20-/m1/s1. The lowest BCUT2D eigenvalue weighted by Crippen LogP contribution is -2.60. The predicted molar refractivity (Wildman–Crippen MR) is 103 cm³/mol. The van der Waals surface area contributed by atoms with Gasteiger partial charge in [-0.05, 0) is 17.7 Å². The van der Waals surface area contributed by atoms with Crippen molar-refractivity contribution in [2.24, 2.45) is 0 Å². The molecule has 9 atom stereocenters. The molecule has 2 saturated heterocycles. The summed E-state index contributed by atoms with van der Waals surface area (Å²) < 4.78 is 21.4. The lowest BCUT2D eigenvalue weighted by molar-refractivity contribution is -0.319. The van der Waals surface area contributed by atoms with Crippen LogP contribution in [0.15, 0.2) is 30.3 Å². The topological polar surface area (TPSA) is 179 Å². The molecule has 11 nitrogen and oxygen atoms in total. The Balaban J connectivity index is 1.51. The molecule has 0 aromatic heterocycles. The van der Waals surface area contributed by atoms with Crippen LogP contribution < -0.4 is 0 Å². The van der Waals surface area contributed by atoms with E-state index < -0.39 is 55.3 Å². The molecule has 1 aromatic rings. The number of benzene rings is 1. The molecule has 0 unspecified atom stereocenters. The molecule has 11 heteroatoms. The minimum atomic E-state index is -1.57. The third-order valence-electron chi connectivity index (χ3n) is 5.11. The van der Waals surface area contributed by atoms with Crippen LogP contribution in [0.2, 0.25) is 0 Å². The second-order valence-electron chi connectivity index (χ2n) is 7.43. The molecular formula is C20H28O11. The maximum Gasteiger partial charge on any atom is 0.187 e. The SMILES string of the molecule is Oc1ccc(/C=C/CO[C@@H]2O[C@H](CO[C@@H]3OC[C@@H](O)[C@H](O)[C@H]3O)[C@@H](O)[C@H](O)[C@H]2O)cc1. The molecule has 31 heavy (non-hydrogen) atoms. The molecule has 3 rings (SSSR count). The number of aliphatic hydroxyl groups is 6. The number of phenols is 1. The maximum atomic E-state index is 10.2. The second kappa shape index (κ2) is 10.8. The lowest BCUT2D eigenvalue weighted by Gasteiger charge is -2.41. The van der Waals surface area contributed by atoms with E-state index in [0.29, 0.717) is 0 Å². The van der Waals surface area contributed by atoms with E-state index in [2.05, 4.69) is 0 Å². The molecule has 0 bridgehead atoms. The third-order valence-corrected chi connectivity index (χ3v) is 5.11. The van der Waals surface area contributed by atoms with Gasteiger partial charge in [-0.1, -0.05) is 24.3 Å². The van der Waals surface area contributed by atoms with Crippen LogP contribution in [-0.4, -0.2) is 111 Å². The Bertz CT molecular complexity index is 712. The molecular weight excluding hydrogens is 416 g/mol. The van der Waals surface area contributed by atoms with Crippen molar-refractivity contribution in [2.45, 2.75) is 55.3 Å². The summed E-state index contributed by atoms with van der Waals surface area (Å²) in [6.45, 7) is -0.580. The lowest BCUT2D eigenvalue weighted by atomic mass is 9.99. The molecule has 1 aromatic carbocycles. The first kappa shape index (κ1) is 24.0. The predicted octanol–water partition coefficient (Wildman–Crippen LogP) is -2.31. The van der Waals surface area contributed by atoms with Gasteiger partial charge in [-0.15, -0.1) is 0 Å². The molecule has 0 aliphatic carbocycles. The highest BCUT2D eigenvalue weighted by Gasteiger charge is 2.45. The summed E-state index contributed by atoms with van der Waals surface area (Å²) in [4.78, 5) is 0. The van der Waals surface area contributed by atoms with Crippen molar-refractivity contribution in [3.63, 3.8) is 0 Å². The number of hydrogen-bond acceptors (Lipinski definition) is 11. The van der Waals surface area contributed by atoms with E-state index in [0.717, 1.165) is 5.56 Å². The Morgan fingerprint density at radius 1 is 0.839 bits per heavy atom. The molecule has 0 saturated carbocycles. The summed E-state index contributed by atoms with van der Waals surface area (Å²) in [6.07, 6.45) is -9.10. The Labute approximate surface area is 178 Å². The minimum absolute atomic E-state index is 0.0214. The highest BCUT2D eigenvalue weighted by Crippen LogP contribution is 2.24. The van der Waals surface area contributed by atoms with Crippen LogP contribution in [-0.2, 0) is 18.9 Å². The van der Waals surface area contributed by atoms with Gasteiger partial charge in [-0.3, -0.25) is 0 Å². The second-order valence-corrected chi connectivity index (χ2v) is 7.43. The first-order valence-electron chi connectivity index (χ1n) is 9.82. The van der Waals surface area contributed by atoms with Gasteiger partial charge in [0, 0.05) is 0 Å². The van der Waals surface area contributed by atoms with Crippen molar-refractivity contribution >= 4 is 6.08 Å². The van der Waals surface area contributed by atoms with E-state index in [4.69, 9.17) is 18.9 Å². The Hall–Kier alpha value is -1.64. The summed E-state index contributed by atoms with van der Waals surface area (Å²) in [5, 5.41) is 68.7. The zero-order valence-electron chi connectivity index (χ0n) is 16.5. The number of aliphatic hydroxyl groups excluding tert-OH is 6. The number of ether oxygens (including phenoxy) is 4. The van der Waals surface area contributed by atoms with Gasteiger partial charge >= 0.3 is 0 Å². The molecule has 7 N–H and O–H groups in total. The third kappa shape index (κ3) is 5.99. The molecule has 2 aliphatic rings. The summed E-state index contributed by atoms with van der Waals surface area (Å²) in [5.74, 6) is 0.143. The summed E-state index contributed by atoms with van der Waals surface area (Å²) in [5.41, 5.74) is 0.812.